The first-order chi connectivity index (χ1) is 13.6. The summed E-state index contributed by atoms with van der Waals surface area (Å²) in [4.78, 5) is 10.5. The molecule has 0 amide bonds. The van der Waals surface area contributed by atoms with Gasteiger partial charge in [-0.15, -0.1) is 0 Å². The summed E-state index contributed by atoms with van der Waals surface area (Å²) in [5.74, 6) is -4.17. The van der Waals surface area contributed by atoms with Crippen molar-refractivity contribution in [3.8, 4) is 0 Å². The van der Waals surface area contributed by atoms with E-state index in [1.807, 2.05) is 6.92 Å². The molecule has 0 aromatic rings. The molecule has 1 fully saturated rings. The quantitative estimate of drug-likeness (QED) is 0.252. The van der Waals surface area contributed by atoms with Crippen molar-refractivity contribution in [3.63, 3.8) is 0 Å². The van der Waals surface area contributed by atoms with Gasteiger partial charge < -0.3 is 19.8 Å². The first-order valence-corrected chi connectivity index (χ1v) is 11.4. The third-order valence-corrected chi connectivity index (χ3v) is 6.78. The van der Waals surface area contributed by atoms with E-state index >= 15 is 0 Å². The van der Waals surface area contributed by atoms with Gasteiger partial charge >= 0.3 is 5.97 Å². The van der Waals surface area contributed by atoms with Gasteiger partial charge in [0.25, 0.3) is 5.92 Å². The average Bonchev–Trinajstić information content (AvgIpc) is 2.96. The molecule has 1 rings (SSSR count). The summed E-state index contributed by atoms with van der Waals surface area (Å²) in [6.45, 7) is 3.62. The van der Waals surface area contributed by atoms with Crippen LogP contribution < -0.4 is 0 Å². The zero-order valence-corrected chi connectivity index (χ0v) is 18.9. The standard InChI is InChI=1S/C21H39F2O5P/c1-3-14(2)13-21(22,23)19(25)11-10-16-15(17(24)12-18(16)28-29)8-6-4-5-7-9-20(26)27/h14-19,24-25H,3-13,29H2,1-2H3,(H,26,27)/t14-,15+,16+,17-,18+,19?/m0/s1. The lowest BCUT2D eigenvalue weighted by Gasteiger charge is -2.29. The third kappa shape index (κ3) is 9.12. The fraction of sp³-hybridized carbons (Fsp3) is 0.952. The number of carbonyl (C=O) groups is 1. The Labute approximate surface area is 175 Å². The minimum absolute atomic E-state index is 0.0134. The summed E-state index contributed by atoms with van der Waals surface area (Å²) in [6.07, 6.45) is 2.85. The highest BCUT2D eigenvalue weighted by Gasteiger charge is 2.44. The van der Waals surface area contributed by atoms with Crippen LogP contribution in [-0.4, -0.2) is 45.5 Å². The number of carboxylic acids is 1. The largest absolute Gasteiger partial charge is 0.481 e. The summed E-state index contributed by atoms with van der Waals surface area (Å²) in [7, 11) is 2.21. The maximum absolute atomic E-state index is 14.3. The predicted molar refractivity (Wildman–Crippen MR) is 112 cm³/mol. The van der Waals surface area contributed by atoms with E-state index in [9.17, 15) is 23.8 Å². The molecule has 0 saturated heterocycles. The molecule has 1 aliphatic rings. The lowest BCUT2D eigenvalue weighted by Crippen LogP contribution is -2.36. The van der Waals surface area contributed by atoms with Crippen LogP contribution in [0.4, 0.5) is 8.78 Å². The number of rotatable bonds is 15. The van der Waals surface area contributed by atoms with Crippen LogP contribution in [0.5, 0.6) is 0 Å². The van der Waals surface area contributed by atoms with Crippen molar-refractivity contribution in [2.75, 3.05) is 0 Å². The monoisotopic (exact) mass is 440 g/mol. The van der Waals surface area contributed by atoms with Crippen molar-refractivity contribution < 1.29 is 33.4 Å². The van der Waals surface area contributed by atoms with Gasteiger partial charge in [0.2, 0.25) is 0 Å². The zero-order chi connectivity index (χ0) is 22.0. The van der Waals surface area contributed by atoms with Gasteiger partial charge in [0.05, 0.1) is 12.2 Å². The molecule has 0 aromatic carbocycles. The number of alkyl halides is 2. The lowest BCUT2D eigenvalue weighted by molar-refractivity contribution is -0.137. The number of carboxylic acid groups (broad SMARTS) is 1. The van der Waals surface area contributed by atoms with Crippen molar-refractivity contribution >= 4 is 15.4 Å². The Morgan fingerprint density at radius 2 is 1.86 bits per heavy atom. The van der Waals surface area contributed by atoms with Crippen LogP contribution in [0.3, 0.4) is 0 Å². The van der Waals surface area contributed by atoms with Gasteiger partial charge in [-0.05, 0) is 43.4 Å². The molecule has 0 heterocycles. The van der Waals surface area contributed by atoms with E-state index in [2.05, 4.69) is 9.47 Å². The highest BCUT2D eigenvalue weighted by atomic mass is 31.0. The van der Waals surface area contributed by atoms with Crippen LogP contribution in [-0.2, 0) is 9.32 Å². The molecule has 0 spiro atoms. The zero-order valence-electron chi connectivity index (χ0n) is 17.7. The highest BCUT2D eigenvalue weighted by molar-refractivity contribution is 7.09. The summed E-state index contributed by atoms with van der Waals surface area (Å²) in [5, 5.41) is 29.2. The van der Waals surface area contributed by atoms with Crippen LogP contribution in [0.2, 0.25) is 0 Å². The van der Waals surface area contributed by atoms with Gasteiger partial charge in [0.15, 0.2) is 0 Å². The van der Waals surface area contributed by atoms with E-state index in [0.29, 0.717) is 25.7 Å². The SMILES string of the molecule is CC[C@H](C)CC(F)(F)C(O)CC[C@@H]1[C@@H](CCCCCCC(=O)O)[C@@H](O)C[C@H]1OP. The van der Waals surface area contributed by atoms with Crippen molar-refractivity contribution in [1.82, 2.24) is 0 Å². The van der Waals surface area contributed by atoms with Crippen molar-refractivity contribution in [2.24, 2.45) is 17.8 Å². The molecule has 8 heteroatoms. The van der Waals surface area contributed by atoms with E-state index in [1.165, 1.54) is 0 Å². The predicted octanol–water partition coefficient (Wildman–Crippen LogP) is 4.80. The van der Waals surface area contributed by atoms with Gasteiger partial charge in [-0.1, -0.05) is 39.5 Å². The molecule has 0 aliphatic heterocycles. The third-order valence-electron chi connectivity index (χ3n) is 6.43. The maximum atomic E-state index is 14.3. The summed E-state index contributed by atoms with van der Waals surface area (Å²) >= 11 is 0. The van der Waals surface area contributed by atoms with Crippen molar-refractivity contribution in [3.05, 3.63) is 0 Å². The second kappa shape index (κ2) is 13.1. The molecule has 3 N–H and O–H groups in total. The Morgan fingerprint density at radius 3 is 2.45 bits per heavy atom. The molecule has 0 aromatic heterocycles. The van der Waals surface area contributed by atoms with Crippen LogP contribution in [0.25, 0.3) is 0 Å². The second-order valence-electron chi connectivity index (χ2n) is 8.72. The van der Waals surface area contributed by atoms with Crippen LogP contribution in [0, 0.1) is 17.8 Å². The number of unbranched alkanes of at least 4 members (excludes halogenated alkanes) is 3. The normalized spacial score (nSPS) is 27.1. The first kappa shape index (κ1) is 26.7. The highest BCUT2D eigenvalue weighted by Crippen LogP contribution is 2.42. The molecule has 1 aliphatic carbocycles. The molecule has 29 heavy (non-hydrogen) atoms. The number of aliphatic carboxylic acids is 1. The number of hydrogen-bond acceptors (Lipinski definition) is 4. The fourth-order valence-electron chi connectivity index (χ4n) is 4.43. The Kier molecular flexibility index (Phi) is 12.1. The number of aliphatic hydroxyl groups is 2. The maximum Gasteiger partial charge on any atom is 0.303 e. The summed E-state index contributed by atoms with van der Waals surface area (Å²) in [6, 6.07) is 0. The summed E-state index contributed by atoms with van der Waals surface area (Å²) in [5.41, 5.74) is 0. The molecular weight excluding hydrogens is 401 g/mol. The molecule has 7 atom stereocenters. The van der Waals surface area contributed by atoms with Gasteiger partial charge in [-0.25, -0.2) is 8.78 Å². The van der Waals surface area contributed by atoms with Crippen molar-refractivity contribution in [2.45, 2.75) is 109 Å². The number of aliphatic hydroxyl groups excluding tert-OH is 2. The van der Waals surface area contributed by atoms with Crippen molar-refractivity contribution in [1.29, 1.82) is 0 Å². The van der Waals surface area contributed by atoms with Crippen LogP contribution >= 0.6 is 9.47 Å². The lowest BCUT2D eigenvalue weighted by atomic mass is 9.84. The Bertz CT molecular complexity index is 480. The van der Waals surface area contributed by atoms with Gasteiger partial charge in [0, 0.05) is 28.7 Å². The Balaban J connectivity index is 2.54. The Hall–Kier alpha value is -0.360. The molecule has 2 unspecified atom stereocenters. The van der Waals surface area contributed by atoms with Crippen LogP contribution in [0.1, 0.15) is 84.5 Å². The van der Waals surface area contributed by atoms with E-state index < -0.39 is 24.1 Å². The molecule has 5 nitrogen and oxygen atoms in total. The van der Waals surface area contributed by atoms with Gasteiger partial charge in [-0.2, -0.15) is 0 Å². The van der Waals surface area contributed by atoms with E-state index in [-0.39, 0.29) is 43.1 Å². The van der Waals surface area contributed by atoms with E-state index in [0.717, 1.165) is 25.7 Å². The fourth-order valence-corrected chi connectivity index (χ4v) is 4.74. The Morgan fingerprint density at radius 1 is 1.21 bits per heavy atom. The molecule has 0 radical (unpaired) electrons. The molecule has 1 saturated carbocycles. The first-order valence-electron chi connectivity index (χ1n) is 10.9. The van der Waals surface area contributed by atoms with Gasteiger partial charge in [0.1, 0.15) is 6.10 Å². The minimum Gasteiger partial charge on any atom is -0.481 e. The molecule has 172 valence electrons. The number of halogens is 2. The minimum atomic E-state index is -3.11. The van der Waals surface area contributed by atoms with Crippen LogP contribution in [0.15, 0.2) is 0 Å². The van der Waals surface area contributed by atoms with E-state index in [1.54, 1.807) is 6.92 Å². The summed E-state index contributed by atoms with van der Waals surface area (Å²) < 4.78 is 34.0. The molecular formula is C21H39F2O5P. The second-order valence-corrected chi connectivity index (χ2v) is 9.00. The molecule has 0 bridgehead atoms. The smallest absolute Gasteiger partial charge is 0.303 e. The topological polar surface area (TPSA) is 87.0 Å². The number of hydrogen-bond donors (Lipinski definition) is 3. The average molecular weight is 441 g/mol. The van der Waals surface area contributed by atoms with Gasteiger partial charge in [-0.3, -0.25) is 4.79 Å². The van der Waals surface area contributed by atoms with E-state index in [4.69, 9.17) is 9.63 Å².